The monoisotopic (exact) mass is 289 g/mol. The number of aromatic nitrogens is 2. The fourth-order valence-corrected chi connectivity index (χ4v) is 2.00. The van der Waals surface area contributed by atoms with Gasteiger partial charge < -0.3 is 11.1 Å². The maximum absolute atomic E-state index is 11.5. The Labute approximate surface area is 111 Å². The van der Waals surface area contributed by atoms with Gasteiger partial charge in [0.15, 0.2) is 5.82 Å². The van der Waals surface area contributed by atoms with E-state index in [0.717, 1.165) is 0 Å². The van der Waals surface area contributed by atoms with Gasteiger partial charge >= 0.3 is 0 Å². The molecule has 0 fully saturated rings. The number of nitrogens with zero attached hydrogens (tertiary/aromatic N) is 3. The summed E-state index contributed by atoms with van der Waals surface area (Å²) in [5, 5.41) is 2.86. The maximum Gasteiger partial charge on any atom is 0.215 e. The lowest BCUT2D eigenvalue weighted by Crippen LogP contribution is -2.29. The molecule has 0 aliphatic heterocycles. The van der Waals surface area contributed by atoms with E-state index in [4.69, 9.17) is 18.0 Å². The molecule has 0 saturated heterocycles. The van der Waals surface area contributed by atoms with Gasteiger partial charge in [-0.15, -0.1) is 0 Å². The van der Waals surface area contributed by atoms with Crippen molar-refractivity contribution < 1.29 is 8.42 Å². The van der Waals surface area contributed by atoms with Gasteiger partial charge in [-0.2, -0.15) is 0 Å². The predicted octanol–water partition coefficient (Wildman–Crippen LogP) is -0.586. The van der Waals surface area contributed by atoms with E-state index in [-0.39, 0.29) is 17.3 Å². The van der Waals surface area contributed by atoms with E-state index in [1.165, 1.54) is 30.8 Å². The van der Waals surface area contributed by atoms with E-state index < -0.39 is 10.0 Å². The zero-order valence-electron chi connectivity index (χ0n) is 10.1. The number of nitrogens with two attached hydrogens (primary N) is 1. The molecule has 1 rings (SSSR count). The third kappa shape index (κ3) is 3.86. The van der Waals surface area contributed by atoms with Crippen LogP contribution in [-0.2, 0) is 10.0 Å². The number of hydrogen-bond acceptors (Lipinski definition) is 6. The van der Waals surface area contributed by atoms with Crippen LogP contribution in [0.4, 0.5) is 5.82 Å². The number of rotatable bonds is 6. The SMILES string of the molecule is CN(C)S(=O)(=O)CCNc1nccnc1C(N)=S. The minimum absolute atomic E-state index is 0.0483. The van der Waals surface area contributed by atoms with Crippen molar-refractivity contribution in [3.8, 4) is 0 Å². The second kappa shape index (κ2) is 6.03. The van der Waals surface area contributed by atoms with E-state index in [9.17, 15) is 8.42 Å². The summed E-state index contributed by atoms with van der Waals surface area (Å²) in [4.78, 5) is 8.10. The fraction of sp³-hybridized carbons (Fsp3) is 0.444. The Morgan fingerprint density at radius 1 is 1.44 bits per heavy atom. The summed E-state index contributed by atoms with van der Waals surface area (Å²) in [6, 6.07) is 0. The second-order valence-electron chi connectivity index (χ2n) is 3.64. The average Bonchev–Trinajstić information content (AvgIpc) is 2.29. The molecule has 3 N–H and O–H groups in total. The first-order valence-electron chi connectivity index (χ1n) is 5.09. The van der Waals surface area contributed by atoms with E-state index in [1.54, 1.807) is 0 Å². The zero-order chi connectivity index (χ0) is 13.8. The summed E-state index contributed by atoms with van der Waals surface area (Å²) in [6.07, 6.45) is 2.95. The van der Waals surface area contributed by atoms with Crippen molar-refractivity contribution in [2.45, 2.75) is 0 Å². The molecule has 1 aromatic heterocycles. The molecule has 0 spiro atoms. The summed E-state index contributed by atoms with van der Waals surface area (Å²) < 4.78 is 24.2. The van der Waals surface area contributed by atoms with E-state index >= 15 is 0 Å². The highest BCUT2D eigenvalue weighted by molar-refractivity contribution is 7.89. The number of nitrogens with one attached hydrogen (secondary N) is 1. The van der Waals surface area contributed by atoms with Gasteiger partial charge in [0.05, 0.1) is 5.75 Å². The lowest BCUT2D eigenvalue weighted by Gasteiger charge is -2.12. The van der Waals surface area contributed by atoms with E-state index in [2.05, 4.69) is 15.3 Å². The van der Waals surface area contributed by atoms with Gasteiger partial charge in [-0.1, -0.05) is 12.2 Å². The predicted molar refractivity (Wildman–Crippen MR) is 73.9 cm³/mol. The molecule has 1 aromatic rings. The summed E-state index contributed by atoms with van der Waals surface area (Å²) in [6.45, 7) is 0.203. The highest BCUT2D eigenvalue weighted by Crippen LogP contribution is 2.07. The summed E-state index contributed by atoms with van der Waals surface area (Å²) >= 11 is 4.82. The topological polar surface area (TPSA) is 101 Å². The Morgan fingerprint density at radius 3 is 2.61 bits per heavy atom. The van der Waals surface area contributed by atoms with Crippen molar-refractivity contribution in [1.82, 2.24) is 14.3 Å². The molecule has 18 heavy (non-hydrogen) atoms. The fourth-order valence-electron chi connectivity index (χ4n) is 1.13. The molecule has 0 radical (unpaired) electrons. The molecule has 100 valence electrons. The molecule has 0 aliphatic carbocycles. The molecule has 0 bridgehead atoms. The van der Waals surface area contributed by atoms with E-state index in [1.807, 2.05) is 0 Å². The Morgan fingerprint density at radius 2 is 2.06 bits per heavy atom. The van der Waals surface area contributed by atoms with Gasteiger partial charge in [-0.25, -0.2) is 22.7 Å². The Balaban J connectivity index is 2.68. The van der Waals surface area contributed by atoms with Gasteiger partial charge in [0, 0.05) is 33.0 Å². The third-order valence-corrected chi connectivity index (χ3v) is 4.17. The molecule has 7 nitrogen and oxygen atoms in total. The lowest BCUT2D eigenvalue weighted by atomic mass is 10.4. The van der Waals surface area contributed by atoms with Gasteiger partial charge in [0.1, 0.15) is 10.7 Å². The smallest absolute Gasteiger partial charge is 0.215 e. The third-order valence-electron chi connectivity index (χ3n) is 2.14. The van der Waals surface area contributed by atoms with Crippen LogP contribution in [0.5, 0.6) is 0 Å². The minimum atomic E-state index is -3.24. The Hall–Kier alpha value is -1.32. The second-order valence-corrected chi connectivity index (χ2v) is 6.39. The van der Waals surface area contributed by atoms with Crippen LogP contribution >= 0.6 is 12.2 Å². The summed E-state index contributed by atoms with van der Waals surface area (Å²) in [5.41, 5.74) is 5.84. The van der Waals surface area contributed by atoms with E-state index in [0.29, 0.717) is 11.5 Å². The first kappa shape index (κ1) is 14.7. The van der Waals surface area contributed by atoms with Crippen LogP contribution in [0.25, 0.3) is 0 Å². The van der Waals surface area contributed by atoms with Crippen molar-refractivity contribution in [3.05, 3.63) is 18.1 Å². The molecule has 0 aromatic carbocycles. The van der Waals surface area contributed by atoms with Crippen molar-refractivity contribution in [3.63, 3.8) is 0 Å². The lowest BCUT2D eigenvalue weighted by molar-refractivity contribution is 0.521. The van der Waals surface area contributed by atoms with Gasteiger partial charge in [-0.05, 0) is 0 Å². The van der Waals surface area contributed by atoms with Crippen molar-refractivity contribution >= 4 is 33.0 Å². The van der Waals surface area contributed by atoms with Crippen LogP contribution in [0.3, 0.4) is 0 Å². The Kier molecular flexibility index (Phi) is 4.93. The van der Waals surface area contributed by atoms with Gasteiger partial charge in [-0.3, -0.25) is 0 Å². The standard InChI is InChI=1S/C9H15N5O2S2/c1-14(2)18(15,16)6-5-13-9-7(8(10)17)11-3-4-12-9/h3-4H,5-6H2,1-2H3,(H2,10,17)(H,12,13). The van der Waals surface area contributed by atoms with Gasteiger partial charge in [0.25, 0.3) is 0 Å². The zero-order valence-corrected chi connectivity index (χ0v) is 11.8. The highest BCUT2D eigenvalue weighted by atomic mass is 32.2. The molecule has 9 heteroatoms. The first-order valence-corrected chi connectivity index (χ1v) is 7.11. The number of anilines is 1. The van der Waals surface area contributed by atoms with Crippen LogP contribution in [-0.4, -0.2) is 54.1 Å². The van der Waals surface area contributed by atoms with Crippen LogP contribution in [0.15, 0.2) is 12.4 Å². The number of hydrogen-bond donors (Lipinski definition) is 2. The molecule has 0 amide bonds. The van der Waals surface area contributed by atoms with Crippen molar-refractivity contribution in [1.29, 1.82) is 0 Å². The maximum atomic E-state index is 11.5. The van der Waals surface area contributed by atoms with Gasteiger partial charge in [0.2, 0.25) is 10.0 Å². The molecular weight excluding hydrogens is 274 g/mol. The number of sulfonamides is 1. The first-order chi connectivity index (χ1) is 8.34. The highest BCUT2D eigenvalue weighted by Gasteiger charge is 2.14. The minimum Gasteiger partial charge on any atom is -0.388 e. The molecular formula is C9H15N5O2S2. The van der Waals surface area contributed by atoms with Crippen LogP contribution in [0, 0.1) is 0 Å². The van der Waals surface area contributed by atoms with Crippen molar-refractivity contribution in [2.24, 2.45) is 5.73 Å². The molecule has 0 atom stereocenters. The quantitative estimate of drug-likeness (QED) is 0.675. The Bertz CT molecular complexity index is 530. The summed E-state index contributed by atoms with van der Waals surface area (Å²) in [5.74, 6) is 0.340. The average molecular weight is 289 g/mol. The van der Waals surface area contributed by atoms with Crippen molar-refractivity contribution in [2.75, 3.05) is 31.7 Å². The summed E-state index contributed by atoms with van der Waals surface area (Å²) in [7, 11) is -0.274. The van der Waals surface area contributed by atoms with Crippen LogP contribution in [0.1, 0.15) is 5.69 Å². The van der Waals surface area contributed by atoms with Crippen LogP contribution in [0.2, 0.25) is 0 Å². The normalized spacial score (nSPS) is 11.5. The molecule has 0 aliphatic rings. The van der Waals surface area contributed by atoms with Crippen LogP contribution < -0.4 is 11.1 Å². The largest absolute Gasteiger partial charge is 0.388 e. The molecule has 0 unspecified atom stereocenters. The molecule has 0 saturated carbocycles. The number of thiocarbonyl (C=S) groups is 1. The molecule has 1 heterocycles.